The van der Waals surface area contributed by atoms with Crippen LogP contribution in [-0.2, 0) is 0 Å². The van der Waals surface area contributed by atoms with Gasteiger partial charge in [0.05, 0.1) is 10.2 Å². The highest BCUT2D eigenvalue weighted by molar-refractivity contribution is 7.22. The Morgan fingerprint density at radius 1 is 0.929 bits per heavy atom. The third-order valence-electron chi connectivity index (χ3n) is 4.86. The molecule has 1 aliphatic rings. The Labute approximate surface area is 167 Å². The van der Waals surface area contributed by atoms with E-state index in [-0.39, 0.29) is 6.79 Å². The Bertz CT molecular complexity index is 1180. The quantitative estimate of drug-likeness (QED) is 0.465. The number of thiophene rings is 1. The maximum atomic E-state index is 5.52. The predicted molar refractivity (Wildman–Crippen MR) is 113 cm³/mol. The Kier molecular flexibility index (Phi) is 3.94. The fourth-order valence-corrected chi connectivity index (χ4v) is 4.68. The summed E-state index contributed by atoms with van der Waals surface area (Å²) < 4.78 is 12.0. The summed E-state index contributed by atoms with van der Waals surface area (Å²) in [5.41, 5.74) is 5.69. The first-order chi connectivity index (χ1) is 13.6. The van der Waals surface area contributed by atoms with Gasteiger partial charge in [0.2, 0.25) is 6.79 Å². The lowest BCUT2D eigenvalue weighted by molar-refractivity contribution is 0.174. The van der Waals surface area contributed by atoms with Crippen LogP contribution in [-0.4, -0.2) is 23.8 Å². The zero-order chi connectivity index (χ0) is 19.3. The molecular weight excluding hydrogens is 370 g/mol. The number of anilines is 2. The minimum atomic E-state index is 0.268. The maximum absolute atomic E-state index is 5.52. The van der Waals surface area contributed by atoms with Crippen LogP contribution in [0.5, 0.6) is 11.5 Å². The van der Waals surface area contributed by atoms with Crippen molar-refractivity contribution < 1.29 is 9.47 Å². The van der Waals surface area contributed by atoms with Crippen molar-refractivity contribution >= 4 is 33.1 Å². The highest BCUT2D eigenvalue weighted by Crippen LogP contribution is 2.41. The van der Waals surface area contributed by atoms with Crippen LogP contribution in [0.25, 0.3) is 20.7 Å². The van der Waals surface area contributed by atoms with Gasteiger partial charge in [-0.15, -0.1) is 11.3 Å². The Balaban J connectivity index is 1.59. The van der Waals surface area contributed by atoms with E-state index in [2.05, 4.69) is 53.0 Å². The number of hydrogen-bond donors (Lipinski definition) is 0. The molecule has 2 aromatic carbocycles. The summed E-state index contributed by atoms with van der Waals surface area (Å²) in [5.74, 6) is 2.42. The highest BCUT2D eigenvalue weighted by Gasteiger charge is 2.18. The van der Waals surface area contributed by atoms with Crippen LogP contribution in [0, 0.1) is 13.8 Å². The van der Waals surface area contributed by atoms with Crippen LogP contribution >= 0.6 is 11.3 Å². The predicted octanol–water partition coefficient (Wildman–Crippen LogP) is 5.47. The summed E-state index contributed by atoms with van der Waals surface area (Å²) in [6, 6.07) is 14.7. The van der Waals surface area contributed by atoms with E-state index in [9.17, 15) is 0 Å². The second kappa shape index (κ2) is 6.49. The smallest absolute Gasteiger partial charge is 0.231 e. The molecular formula is C22H19N3O2S. The van der Waals surface area contributed by atoms with Gasteiger partial charge in [0.1, 0.15) is 6.33 Å². The average molecular weight is 389 g/mol. The third kappa shape index (κ3) is 2.86. The number of aromatic nitrogens is 2. The van der Waals surface area contributed by atoms with E-state index in [1.807, 2.05) is 25.2 Å². The van der Waals surface area contributed by atoms with Gasteiger partial charge in [-0.1, -0.05) is 29.3 Å². The van der Waals surface area contributed by atoms with Crippen molar-refractivity contribution in [3.05, 3.63) is 59.9 Å². The van der Waals surface area contributed by atoms with Crippen LogP contribution < -0.4 is 14.4 Å². The average Bonchev–Trinajstić information content (AvgIpc) is 3.32. The lowest BCUT2D eigenvalue weighted by atomic mass is 10.1. The lowest BCUT2D eigenvalue weighted by Crippen LogP contribution is -2.11. The molecule has 140 valence electrons. The van der Waals surface area contributed by atoms with E-state index in [0.29, 0.717) is 0 Å². The van der Waals surface area contributed by atoms with Crippen molar-refractivity contribution in [3.63, 3.8) is 0 Å². The molecule has 28 heavy (non-hydrogen) atoms. The number of aryl methyl sites for hydroxylation is 2. The molecule has 0 amide bonds. The molecule has 0 aliphatic carbocycles. The van der Waals surface area contributed by atoms with Crippen LogP contribution in [0.2, 0.25) is 0 Å². The first-order valence-corrected chi connectivity index (χ1v) is 9.87. The van der Waals surface area contributed by atoms with Crippen molar-refractivity contribution in [1.82, 2.24) is 9.97 Å². The van der Waals surface area contributed by atoms with Gasteiger partial charge in [-0.05, 0) is 37.6 Å². The summed E-state index contributed by atoms with van der Waals surface area (Å²) in [6.45, 7) is 4.52. The van der Waals surface area contributed by atoms with Crippen molar-refractivity contribution in [2.24, 2.45) is 0 Å². The van der Waals surface area contributed by atoms with E-state index in [4.69, 9.17) is 9.47 Å². The fraction of sp³-hybridized carbons (Fsp3) is 0.182. The number of fused-ring (bicyclic) bond motifs is 2. The Morgan fingerprint density at radius 2 is 1.71 bits per heavy atom. The monoisotopic (exact) mass is 389 g/mol. The van der Waals surface area contributed by atoms with Crippen molar-refractivity contribution in [1.29, 1.82) is 0 Å². The van der Waals surface area contributed by atoms with Gasteiger partial charge in [0.25, 0.3) is 0 Å². The van der Waals surface area contributed by atoms with Crippen LogP contribution in [0.15, 0.2) is 48.8 Å². The standard InChI is InChI=1S/C22H19N3O2S/c1-13-6-14(2)8-15(7-13)20-10-17-21(28-20)22(24-11-23-17)25(3)16-4-5-18-19(9-16)27-12-26-18/h4-11H,12H2,1-3H3. The molecule has 0 radical (unpaired) electrons. The van der Waals surface area contributed by atoms with E-state index in [0.717, 1.165) is 33.2 Å². The SMILES string of the molecule is Cc1cc(C)cc(-c2cc3ncnc(N(C)c4ccc5c(c4)OCO5)c3s2)c1. The second-order valence-corrected chi connectivity index (χ2v) is 8.05. The molecule has 5 nitrogen and oxygen atoms in total. The zero-order valence-corrected chi connectivity index (χ0v) is 16.7. The van der Waals surface area contributed by atoms with Gasteiger partial charge in [-0.3, -0.25) is 0 Å². The zero-order valence-electron chi connectivity index (χ0n) is 15.9. The summed E-state index contributed by atoms with van der Waals surface area (Å²) >= 11 is 1.72. The normalized spacial score (nSPS) is 12.5. The molecule has 0 atom stereocenters. The van der Waals surface area contributed by atoms with Crippen LogP contribution in [0.1, 0.15) is 11.1 Å². The largest absolute Gasteiger partial charge is 0.454 e. The van der Waals surface area contributed by atoms with Gasteiger partial charge in [0, 0.05) is 23.7 Å². The molecule has 3 heterocycles. The minimum Gasteiger partial charge on any atom is -0.454 e. The maximum Gasteiger partial charge on any atom is 0.231 e. The van der Waals surface area contributed by atoms with Crippen molar-refractivity contribution in [3.8, 4) is 21.9 Å². The topological polar surface area (TPSA) is 47.5 Å². The first kappa shape index (κ1) is 17.0. The van der Waals surface area contributed by atoms with Gasteiger partial charge in [-0.2, -0.15) is 0 Å². The Morgan fingerprint density at radius 3 is 2.54 bits per heavy atom. The van der Waals surface area contributed by atoms with E-state index < -0.39 is 0 Å². The van der Waals surface area contributed by atoms with E-state index in [1.54, 1.807) is 17.7 Å². The minimum absolute atomic E-state index is 0.268. The van der Waals surface area contributed by atoms with Crippen LogP contribution in [0.3, 0.4) is 0 Å². The number of nitrogens with zero attached hydrogens (tertiary/aromatic N) is 3. The van der Waals surface area contributed by atoms with Gasteiger partial charge in [0.15, 0.2) is 17.3 Å². The number of benzene rings is 2. The summed E-state index contributed by atoms with van der Waals surface area (Å²) in [7, 11) is 2.01. The summed E-state index contributed by atoms with van der Waals surface area (Å²) in [4.78, 5) is 12.3. The van der Waals surface area contributed by atoms with E-state index >= 15 is 0 Å². The molecule has 2 aromatic heterocycles. The molecule has 0 bridgehead atoms. The molecule has 1 aliphatic heterocycles. The molecule has 5 rings (SSSR count). The second-order valence-electron chi connectivity index (χ2n) is 7.00. The number of hydrogen-bond acceptors (Lipinski definition) is 6. The molecule has 4 aromatic rings. The highest BCUT2D eigenvalue weighted by atomic mass is 32.1. The molecule has 0 N–H and O–H groups in total. The molecule has 0 fully saturated rings. The first-order valence-electron chi connectivity index (χ1n) is 9.05. The summed E-state index contributed by atoms with van der Waals surface area (Å²) in [5, 5.41) is 0. The van der Waals surface area contributed by atoms with Gasteiger partial charge in [-0.25, -0.2) is 9.97 Å². The van der Waals surface area contributed by atoms with Crippen molar-refractivity contribution in [2.75, 3.05) is 18.7 Å². The lowest BCUT2D eigenvalue weighted by Gasteiger charge is -2.19. The number of rotatable bonds is 3. The Hall–Kier alpha value is -3.12. The molecule has 0 saturated heterocycles. The molecule has 0 unspecified atom stereocenters. The molecule has 6 heteroatoms. The van der Waals surface area contributed by atoms with Gasteiger partial charge < -0.3 is 14.4 Å². The number of ether oxygens (including phenoxy) is 2. The van der Waals surface area contributed by atoms with Gasteiger partial charge >= 0.3 is 0 Å². The molecule has 0 saturated carbocycles. The summed E-state index contributed by atoms with van der Waals surface area (Å²) in [6.07, 6.45) is 1.62. The van der Waals surface area contributed by atoms with Crippen LogP contribution in [0.4, 0.5) is 11.5 Å². The molecule has 0 spiro atoms. The van der Waals surface area contributed by atoms with E-state index in [1.165, 1.54) is 21.6 Å². The van der Waals surface area contributed by atoms with Crippen molar-refractivity contribution in [2.45, 2.75) is 13.8 Å². The fourth-order valence-electron chi connectivity index (χ4n) is 3.56. The third-order valence-corrected chi connectivity index (χ3v) is 6.03.